The summed E-state index contributed by atoms with van der Waals surface area (Å²) in [6.45, 7) is 12.7. The summed E-state index contributed by atoms with van der Waals surface area (Å²) in [5.74, 6) is 0.0325. The monoisotopic (exact) mass is 287 g/mol. The van der Waals surface area contributed by atoms with Gasteiger partial charge in [-0.1, -0.05) is 13.8 Å². The maximum Gasteiger partial charge on any atom is 0.234 e. The van der Waals surface area contributed by atoms with E-state index in [0.29, 0.717) is 19.2 Å². The normalized spacial score (nSPS) is 14.3. The topological polar surface area (TPSA) is 53.6 Å². The van der Waals surface area contributed by atoms with Crippen LogP contribution in [0.15, 0.2) is 0 Å². The molecule has 0 spiro atoms. The van der Waals surface area contributed by atoms with Crippen LogP contribution in [0.25, 0.3) is 0 Å². The van der Waals surface area contributed by atoms with Crippen molar-refractivity contribution in [2.45, 2.75) is 52.6 Å². The van der Waals surface area contributed by atoms with Gasteiger partial charge >= 0.3 is 0 Å². The summed E-state index contributed by atoms with van der Waals surface area (Å²) in [6.07, 6.45) is 2.26. The number of hydrogen-bond donors (Lipinski definition) is 2. The Morgan fingerprint density at radius 3 is 2.40 bits per heavy atom. The van der Waals surface area contributed by atoms with E-state index in [1.807, 2.05) is 6.92 Å². The number of hydrogen-bond acceptors (Lipinski definition) is 4. The van der Waals surface area contributed by atoms with Gasteiger partial charge in [-0.15, -0.1) is 0 Å². The van der Waals surface area contributed by atoms with Gasteiger partial charge in [-0.2, -0.15) is 0 Å². The number of rotatable bonds is 12. The van der Waals surface area contributed by atoms with E-state index in [0.717, 1.165) is 32.5 Å². The summed E-state index contributed by atoms with van der Waals surface area (Å²) < 4.78 is 4.99. The van der Waals surface area contributed by atoms with E-state index in [1.54, 1.807) is 7.11 Å². The maximum absolute atomic E-state index is 11.7. The SMILES string of the molecule is CCN(CC)CCCC(C)NCC(=O)NC(C)COC. The van der Waals surface area contributed by atoms with E-state index in [4.69, 9.17) is 4.74 Å². The molecule has 0 saturated heterocycles. The Labute approximate surface area is 124 Å². The number of nitrogens with one attached hydrogen (secondary N) is 2. The molecule has 5 nitrogen and oxygen atoms in total. The predicted octanol–water partition coefficient (Wildman–Crippen LogP) is 1.24. The lowest BCUT2D eigenvalue weighted by Gasteiger charge is -2.20. The highest BCUT2D eigenvalue weighted by molar-refractivity contribution is 5.78. The second-order valence-electron chi connectivity index (χ2n) is 5.37. The molecule has 2 atom stereocenters. The standard InChI is InChI=1S/C15H33N3O2/c1-6-18(7-2)10-8-9-13(3)16-11-15(19)17-14(4)12-20-5/h13-14,16H,6-12H2,1-5H3,(H,17,19). The van der Waals surface area contributed by atoms with Gasteiger partial charge in [0.2, 0.25) is 5.91 Å². The molecule has 0 saturated carbocycles. The van der Waals surface area contributed by atoms with Crippen LogP contribution in [0.5, 0.6) is 0 Å². The Balaban J connectivity index is 3.66. The molecule has 0 rings (SSSR count). The van der Waals surface area contributed by atoms with Gasteiger partial charge in [-0.05, 0) is 46.3 Å². The molecule has 0 heterocycles. The molecule has 120 valence electrons. The summed E-state index contributed by atoms with van der Waals surface area (Å²) in [6, 6.07) is 0.432. The summed E-state index contributed by atoms with van der Waals surface area (Å²) in [4.78, 5) is 14.1. The van der Waals surface area contributed by atoms with Crippen molar-refractivity contribution < 1.29 is 9.53 Å². The Kier molecular flexibility index (Phi) is 11.7. The smallest absolute Gasteiger partial charge is 0.234 e. The molecular formula is C15H33N3O2. The molecule has 20 heavy (non-hydrogen) atoms. The molecule has 1 amide bonds. The molecule has 0 aliphatic rings. The first-order valence-corrected chi connectivity index (χ1v) is 7.77. The fourth-order valence-electron chi connectivity index (χ4n) is 2.15. The van der Waals surface area contributed by atoms with Crippen molar-refractivity contribution in [3.8, 4) is 0 Å². The molecule has 2 unspecified atom stereocenters. The third-order valence-corrected chi connectivity index (χ3v) is 3.44. The minimum atomic E-state index is 0.0325. The lowest BCUT2D eigenvalue weighted by atomic mass is 10.1. The summed E-state index contributed by atoms with van der Waals surface area (Å²) in [5, 5.41) is 6.16. The van der Waals surface area contributed by atoms with Crippen molar-refractivity contribution in [1.82, 2.24) is 15.5 Å². The van der Waals surface area contributed by atoms with Gasteiger partial charge in [0.15, 0.2) is 0 Å². The minimum Gasteiger partial charge on any atom is -0.383 e. The number of amides is 1. The van der Waals surface area contributed by atoms with Crippen molar-refractivity contribution >= 4 is 5.91 Å². The molecule has 0 aromatic heterocycles. The quantitative estimate of drug-likeness (QED) is 0.567. The number of carbonyl (C=O) groups excluding carboxylic acids is 1. The van der Waals surface area contributed by atoms with Gasteiger partial charge in [0, 0.05) is 19.2 Å². The molecule has 0 aliphatic heterocycles. The lowest BCUT2D eigenvalue weighted by Crippen LogP contribution is -2.43. The van der Waals surface area contributed by atoms with Crippen molar-refractivity contribution in [3.63, 3.8) is 0 Å². The van der Waals surface area contributed by atoms with Crippen LogP contribution in [0.1, 0.15) is 40.5 Å². The molecule has 0 fully saturated rings. The fraction of sp³-hybridized carbons (Fsp3) is 0.933. The Hall–Kier alpha value is -0.650. The Morgan fingerprint density at radius 2 is 1.85 bits per heavy atom. The summed E-state index contributed by atoms with van der Waals surface area (Å²) in [5.41, 5.74) is 0. The molecule has 2 N–H and O–H groups in total. The molecule has 5 heteroatoms. The number of nitrogens with zero attached hydrogens (tertiary/aromatic N) is 1. The number of carbonyl (C=O) groups is 1. The molecule has 0 aromatic carbocycles. The van der Waals surface area contributed by atoms with E-state index in [1.165, 1.54) is 0 Å². The van der Waals surface area contributed by atoms with Crippen LogP contribution in [0.3, 0.4) is 0 Å². The predicted molar refractivity (Wildman–Crippen MR) is 84.0 cm³/mol. The second kappa shape index (κ2) is 12.1. The third kappa shape index (κ3) is 10.2. The first-order chi connectivity index (χ1) is 9.53. The van der Waals surface area contributed by atoms with E-state index in [-0.39, 0.29) is 11.9 Å². The number of ether oxygens (including phenoxy) is 1. The van der Waals surface area contributed by atoms with Crippen LogP contribution < -0.4 is 10.6 Å². The average molecular weight is 287 g/mol. The minimum absolute atomic E-state index is 0.0325. The second-order valence-corrected chi connectivity index (χ2v) is 5.37. The van der Waals surface area contributed by atoms with Crippen LogP contribution >= 0.6 is 0 Å². The van der Waals surface area contributed by atoms with Crippen LogP contribution in [0.2, 0.25) is 0 Å². The molecule has 0 aliphatic carbocycles. The Bertz CT molecular complexity index is 245. The van der Waals surface area contributed by atoms with Crippen molar-refractivity contribution in [3.05, 3.63) is 0 Å². The van der Waals surface area contributed by atoms with Gasteiger partial charge in [0.1, 0.15) is 0 Å². The first-order valence-electron chi connectivity index (χ1n) is 7.77. The Morgan fingerprint density at radius 1 is 1.20 bits per heavy atom. The zero-order valence-electron chi connectivity index (χ0n) is 13.9. The van der Waals surface area contributed by atoms with Gasteiger partial charge in [-0.25, -0.2) is 0 Å². The van der Waals surface area contributed by atoms with E-state index in [9.17, 15) is 4.79 Å². The van der Waals surface area contributed by atoms with Crippen molar-refractivity contribution in [2.75, 3.05) is 39.9 Å². The molecular weight excluding hydrogens is 254 g/mol. The van der Waals surface area contributed by atoms with Gasteiger partial charge < -0.3 is 20.3 Å². The third-order valence-electron chi connectivity index (χ3n) is 3.44. The zero-order valence-corrected chi connectivity index (χ0v) is 13.9. The van der Waals surface area contributed by atoms with Crippen LogP contribution in [0.4, 0.5) is 0 Å². The molecule has 0 bridgehead atoms. The van der Waals surface area contributed by atoms with Crippen LogP contribution in [-0.2, 0) is 9.53 Å². The first kappa shape index (κ1) is 19.4. The van der Waals surface area contributed by atoms with Crippen molar-refractivity contribution in [1.29, 1.82) is 0 Å². The number of methoxy groups -OCH3 is 1. The van der Waals surface area contributed by atoms with Crippen molar-refractivity contribution in [2.24, 2.45) is 0 Å². The zero-order chi connectivity index (χ0) is 15.4. The van der Waals surface area contributed by atoms with E-state index < -0.39 is 0 Å². The lowest BCUT2D eigenvalue weighted by molar-refractivity contribution is -0.121. The highest BCUT2D eigenvalue weighted by Gasteiger charge is 2.09. The molecule has 0 aromatic rings. The summed E-state index contributed by atoms with van der Waals surface area (Å²) in [7, 11) is 1.64. The highest BCUT2D eigenvalue weighted by Crippen LogP contribution is 1.99. The van der Waals surface area contributed by atoms with Crippen LogP contribution in [-0.4, -0.2) is 62.8 Å². The highest BCUT2D eigenvalue weighted by atomic mass is 16.5. The van der Waals surface area contributed by atoms with Gasteiger partial charge in [0.05, 0.1) is 13.2 Å². The van der Waals surface area contributed by atoms with E-state index in [2.05, 4.69) is 36.3 Å². The fourth-order valence-corrected chi connectivity index (χ4v) is 2.15. The van der Waals surface area contributed by atoms with E-state index >= 15 is 0 Å². The average Bonchev–Trinajstić information content (AvgIpc) is 2.41. The van der Waals surface area contributed by atoms with Crippen LogP contribution in [0, 0.1) is 0 Å². The van der Waals surface area contributed by atoms with Gasteiger partial charge in [-0.3, -0.25) is 4.79 Å². The summed E-state index contributed by atoms with van der Waals surface area (Å²) >= 11 is 0. The molecule has 0 radical (unpaired) electrons. The van der Waals surface area contributed by atoms with Gasteiger partial charge in [0.25, 0.3) is 0 Å². The largest absolute Gasteiger partial charge is 0.383 e. The maximum atomic E-state index is 11.7.